The molecule has 0 bridgehead atoms. The first-order chi connectivity index (χ1) is 14.5. The lowest BCUT2D eigenvalue weighted by Crippen LogP contribution is -2.47. The summed E-state index contributed by atoms with van der Waals surface area (Å²) in [4.78, 5) is 16.0. The molecule has 2 aliphatic heterocycles. The third-order valence-electron chi connectivity index (χ3n) is 5.65. The number of hydrogen-bond acceptors (Lipinski definition) is 8. The van der Waals surface area contributed by atoms with Gasteiger partial charge in [-0.25, -0.2) is 15.0 Å². The Bertz CT molecular complexity index is 1080. The Kier molecular flexibility index (Phi) is 4.83. The topological polar surface area (TPSA) is 103 Å². The van der Waals surface area contributed by atoms with Crippen molar-refractivity contribution in [1.29, 1.82) is 0 Å². The molecule has 0 amide bonds. The number of nitrogens with zero attached hydrogens (tertiary/aromatic N) is 4. The van der Waals surface area contributed by atoms with Gasteiger partial charge < -0.3 is 21.1 Å². The number of rotatable bonds is 3. The SMILES string of the molecule is Nc1nc(N2CCC3(CC2)Cc2ccccc2O3)cnc1Sc1ccnc(N)c1Cl. The predicted octanol–water partition coefficient (Wildman–Crippen LogP) is 3.81. The summed E-state index contributed by atoms with van der Waals surface area (Å²) < 4.78 is 6.33. The molecule has 154 valence electrons. The summed E-state index contributed by atoms with van der Waals surface area (Å²) in [6, 6.07) is 10.1. The van der Waals surface area contributed by atoms with Crippen LogP contribution in [0, 0.1) is 0 Å². The van der Waals surface area contributed by atoms with Crippen LogP contribution in [0.25, 0.3) is 0 Å². The summed E-state index contributed by atoms with van der Waals surface area (Å²) in [5.74, 6) is 2.45. The first-order valence-corrected chi connectivity index (χ1v) is 10.9. The van der Waals surface area contributed by atoms with Crippen LogP contribution in [0.15, 0.2) is 52.6 Å². The highest BCUT2D eigenvalue weighted by Gasteiger charge is 2.42. The van der Waals surface area contributed by atoms with Crippen molar-refractivity contribution in [2.75, 3.05) is 29.5 Å². The third kappa shape index (κ3) is 3.50. The van der Waals surface area contributed by atoms with Crippen LogP contribution >= 0.6 is 23.4 Å². The normalized spacial score (nSPS) is 17.0. The van der Waals surface area contributed by atoms with Crippen molar-refractivity contribution in [3.63, 3.8) is 0 Å². The highest BCUT2D eigenvalue weighted by Crippen LogP contribution is 2.42. The average Bonchev–Trinajstić information content (AvgIpc) is 3.11. The van der Waals surface area contributed by atoms with Crippen molar-refractivity contribution in [1.82, 2.24) is 15.0 Å². The molecule has 0 radical (unpaired) electrons. The molecule has 5 rings (SSSR count). The second-order valence-electron chi connectivity index (χ2n) is 7.59. The van der Waals surface area contributed by atoms with Crippen molar-refractivity contribution in [3.8, 4) is 5.75 Å². The number of benzene rings is 1. The summed E-state index contributed by atoms with van der Waals surface area (Å²) in [5, 5.41) is 0.987. The molecule has 30 heavy (non-hydrogen) atoms. The number of anilines is 3. The van der Waals surface area contributed by atoms with E-state index in [4.69, 9.17) is 27.8 Å². The molecule has 0 saturated carbocycles. The van der Waals surface area contributed by atoms with Gasteiger partial charge in [0, 0.05) is 43.4 Å². The molecular formula is C21H21ClN6OS. The highest BCUT2D eigenvalue weighted by atomic mass is 35.5. The number of hydrogen-bond donors (Lipinski definition) is 2. The predicted molar refractivity (Wildman–Crippen MR) is 119 cm³/mol. The van der Waals surface area contributed by atoms with E-state index in [1.807, 2.05) is 6.07 Å². The maximum absolute atomic E-state index is 6.33. The molecule has 0 atom stereocenters. The van der Waals surface area contributed by atoms with Crippen LogP contribution in [-0.2, 0) is 6.42 Å². The number of nitrogen functional groups attached to an aromatic ring is 2. The van der Waals surface area contributed by atoms with Crippen molar-refractivity contribution < 1.29 is 4.74 Å². The van der Waals surface area contributed by atoms with Gasteiger partial charge in [0.25, 0.3) is 0 Å². The molecule has 0 aliphatic carbocycles. The molecule has 1 spiro atoms. The number of fused-ring (bicyclic) bond motifs is 1. The summed E-state index contributed by atoms with van der Waals surface area (Å²) >= 11 is 7.55. The first kappa shape index (κ1) is 19.3. The average molecular weight is 441 g/mol. The van der Waals surface area contributed by atoms with Gasteiger partial charge in [0.2, 0.25) is 0 Å². The molecule has 7 nitrogen and oxygen atoms in total. The maximum atomic E-state index is 6.33. The van der Waals surface area contributed by atoms with Gasteiger partial charge in [-0.2, -0.15) is 0 Å². The lowest BCUT2D eigenvalue weighted by Gasteiger charge is -2.39. The van der Waals surface area contributed by atoms with E-state index in [0.29, 0.717) is 15.9 Å². The van der Waals surface area contributed by atoms with Gasteiger partial charge in [0.1, 0.15) is 28.0 Å². The van der Waals surface area contributed by atoms with Gasteiger partial charge in [0.15, 0.2) is 5.82 Å². The van der Waals surface area contributed by atoms with E-state index in [0.717, 1.165) is 48.8 Å². The van der Waals surface area contributed by atoms with Gasteiger partial charge in [-0.05, 0) is 17.7 Å². The van der Waals surface area contributed by atoms with Crippen LogP contribution in [0.3, 0.4) is 0 Å². The van der Waals surface area contributed by atoms with Crippen LogP contribution in [-0.4, -0.2) is 33.6 Å². The summed E-state index contributed by atoms with van der Waals surface area (Å²) in [6.07, 6.45) is 6.21. The van der Waals surface area contributed by atoms with Crippen molar-refractivity contribution in [2.24, 2.45) is 0 Å². The van der Waals surface area contributed by atoms with Gasteiger partial charge in [0.05, 0.1) is 11.2 Å². The second-order valence-corrected chi connectivity index (χ2v) is 8.99. The number of para-hydroxylation sites is 1. The minimum absolute atomic E-state index is 0.104. The Morgan fingerprint density at radius 3 is 2.63 bits per heavy atom. The van der Waals surface area contributed by atoms with Crippen LogP contribution in [0.5, 0.6) is 5.75 Å². The molecule has 4 N–H and O–H groups in total. The van der Waals surface area contributed by atoms with Crippen molar-refractivity contribution >= 4 is 40.8 Å². The molecule has 1 fully saturated rings. The lowest BCUT2D eigenvalue weighted by atomic mass is 9.87. The Hall–Kier alpha value is -2.71. The quantitative estimate of drug-likeness (QED) is 0.633. The van der Waals surface area contributed by atoms with Crippen LogP contribution < -0.4 is 21.1 Å². The Labute approximate surface area is 183 Å². The van der Waals surface area contributed by atoms with Crippen LogP contribution in [0.4, 0.5) is 17.5 Å². The van der Waals surface area contributed by atoms with Gasteiger partial charge in [-0.1, -0.05) is 41.6 Å². The fourth-order valence-electron chi connectivity index (χ4n) is 4.03. The number of aromatic nitrogens is 3. The van der Waals surface area contributed by atoms with Gasteiger partial charge in [-0.15, -0.1) is 0 Å². The number of halogens is 1. The largest absolute Gasteiger partial charge is 0.487 e. The molecule has 2 aliphatic rings. The van der Waals surface area contributed by atoms with Crippen LogP contribution in [0.1, 0.15) is 18.4 Å². The maximum Gasteiger partial charge on any atom is 0.158 e. The van der Waals surface area contributed by atoms with E-state index in [9.17, 15) is 0 Å². The third-order valence-corrected chi connectivity index (χ3v) is 7.23. The van der Waals surface area contributed by atoms with E-state index < -0.39 is 0 Å². The standard InChI is InChI=1S/C21H21ClN6OS/c22-17-15(5-8-25-18(17)23)30-20-19(24)27-16(12-26-20)28-9-6-21(7-10-28)11-13-3-1-2-4-14(13)29-21/h1-5,8,12H,6-7,9-11H2,(H2,23,25)(H2,24,27). The zero-order valence-electron chi connectivity index (χ0n) is 16.2. The Morgan fingerprint density at radius 2 is 1.87 bits per heavy atom. The molecule has 1 aromatic carbocycles. The molecule has 2 aromatic heterocycles. The van der Waals surface area contributed by atoms with E-state index in [-0.39, 0.29) is 11.4 Å². The molecule has 0 unspecified atom stereocenters. The monoisotopic (exact) mass is 440 g/mol. The molecular weight excluding hydrogens is 420 g/mol. The van der Waals surface area contributed by atoms with Crippen molar-refractivity contribution in [2.45, 2.75) is 34.8 Å². The Morgan fingerprint density at radius 1 is 1.07 bits per heavy atom. The summed E-state index contributed by atoms with van der Waals surface area (Å²) in [7, 11) is 0. The van der Waals surface area contributed by atoms with Crippen LogP contribution in [0.2, 0.25) is 5.02 Å². The zero-order chi connectivity index (χ0) is 20.7. The van der Waals surface area contributed by atoms with Gasteiger partial charge in [-0.3, -0.25) is 0 Å². The van der Waals surface area contributed by atoms with E-state index in [2.05, 4.69) is 38.1 Å². The molecule has 1 saturated heterocycles. The van der Waals surface area contributed by atoms with Crippen molar-refractivity contribution in [3.05, 3.63) is 53.3 Å². The minimum Gasteiger partial charge on any atom is -0.487 e. The smallest absolute Gasteiger partial charge is 0.158 e. The molecule has 3 aromatic rings. The number of piperidine rings is 1. The summed E-state index contributed by atoms with van der Waals surface area (Å²) in [6.45, 7) is 1.70. The zero-order valence-corrected chi connectivity index (χ0v) is 17.8. The number of pyridine rings is 1. The minimum atomic E-state index is -0.104. The molecule has 4 heterocycles. The fraction of sp³-hybridized carbons (Fsp3) is 0.286. The fourth-order valence-corrected chi connectivity index (χ4v) is 5.04. The second kappa shape index (κ2) is 7.52. The Balaban J connectivity index is 1.27. The molecule has 9 heteroatoms. The van der Waals surface area contributed by atoms with E-state index in [1.165, 1.54) is 17.3 Å². The first-order valence-electron chi connectivity index (χ1n) is 9.75. The number of nitrogens with two attached hydrogens (primary N) is 2. The van der Waals surface area contributed by atoms with E-state index >= 15 is 0 Å². The number of ether oxygens (including phenoxy) is 1. The lowest BCUT2D eigenvalue weighted by molar-refractivity contribution is 0.0666. The van der Waals surface area contributed by atoms with E-state index in [1.54, 1.807) is 18.5 Å². The summed E-state index contributed by atoms with van der Waals surface area (Å²) in [5.41, 5.74) is 13.2. The highest BCUT2D eigenvalue weighted by molar-refractivity contribution is 7.99. The van der Waals surface area contributed by atoms with Gasteiger partial charge >= 0.3 is 0 Å².